The molecule has 1 unspecified atom stereocenters. The van der Waals surface area contributed by atoms with Gasteiger partial charge in [-0.05, 0) is 76.1 Å². The summed E-state index contributed by atoms with van der Waals surface area (Å²) in [5, 5.41) is 0. The summed E-state index contributed by atoms with van der Waals surface area (Å²) in [4.78, 5) is 7.87. The molecule has 1 aliphatic rings. The lowest BCUT2D eigenvalue weighted by Crippen LogP contribution is -2.40. The highest BCUT2D eigenvalue weighted by atomic mass is 16.5. The zero-order valence-electron chi connectivity index (χ0n) is 22.3. The summed E-state index contributed by atoms with van der Waals surface area (Å²) in [6.07, 6.45) is 7.06. The molecule has 1 aromatic heterocycles. The van der Waals surface area contributed by atoms with E-state index in [2.05, 4.69) is 94.1 Å². The minimum atomic E-state index is 0.122. The number of hydrogen-bond acceptors (Lipinski definition) is 3. The fourth-order valence-electron chi connectivity index (χ4n) is 5.51. The maximum Gasteiger partial charge on any atom is 0.128 e. The van der Waals surface area contributed by atoms with E-state index in [9.17, 15) is 0 Å². The van der Waals surface area contributed by atoms with Gasteiger partial charge in [-0.3, -0.25) is 9.88 Å². The highest BCUT2D eigenvalue weighted by Crippen LogP contribution is 2.35. The van der Waals surface area contributed by atoms with Crippen molar-refractivity contribution in [3.05, 3.63) is 82.5 Å². The van der Waals surface area contributed by atoms with Crippen LogP contribution in [0.2, 0.25) is 0 Å². The molecule has 0 spiro atoms. The molecule has 0 amide bonds. The van der Waals surface area contributed by atoms with Crippen LogP contribution in [-0.2, 0) is 25.8 Å². The molecule has 35 heavy (non-hydrogen) atoms. The molecule has 2 aromatic carbocycles. The van der Waals surface area contributed by atoms with Crippen molar-refractivity contribution in [1.82, 2.24) is 9.88 Å². The molecule has 2 heterocycles. The standard InChI is InChI=1S/C32H42N2O/c1-6-26-16-13-17-27(7-2)32(26)30-21-31(35-23(3)4)29(24(5)33-30)22-34-19-12-11-18-28(34)20-25-14-9-8-10-15-25/h8-10,13-17,21,23,28H,6-7,11-12,18-20,22H2,1-5H3. The SMILES string of the molecule is CCc1cccc(CC)c1-c1cc(OC(C)C)c(CN2CCCCC2Cc2ccccc2)c(C)n1. The maximum absolute atomic E-state index is 6.46. The third kappa shape index (κ3) is 6.13. The van der Waals surface area contributed by atoms with E-state index in [0.29, 0.717) is 6.04 Å². The highest BCUT2D eigenvalue weighted by molar-refractivity contribution is 5.70. The lowest BCUT2D eigenvalue weighted by Gasteiger charge is -2.36. The molecule has 3 nitrogen and oxygen atoms in total. The second-order valence-corrected chi connectivity index (χ2v) is 10.2. The van der Waals surface area contributed by atoms with Crippen LogP contribution in [-0.4, -0.2) is 28.6 Å². The van der Waals surface area contributed by atoms with E-state index in [1.807, 2.05) is 0 Å². The van der Waals surface area contributed by atoms with E-state index in [1.165, 1.54) is 47.1 Å². The minimum absolute atomic E-state index is 0.122. The van der Waals surface area contributed by atoms with Crippen molar-refractivity contribution >= 4 is 0 Å². The molecule has 1 aliphatic heterocycles. The van der Waals surface area contributed by atoms with Crippen LogP contribution in [0.4, 0.5) is 0 Å². The first-order valence-electron chi connectivity index (χ1n) is 13.6. The molecule has 1 atom stereocenters. The topological polar surface area (TPSA) is 25.4 Å². The molecule has 0 saturated carbocycles. The first kappa shape index (κ1) is 25.4. The number of aryl methyl sites for hydroxylation is 3. The Kier molecular flexibility index (Phi) is 8.62. The summed E-state index contributed by atoms with van der Waals surface area (Å²) in [6, 6.07) is 20.4. The Labute approximate surface area is 212 Å². The number of likely N-dealkylation sites (tertiary alicyclic amines) is 1. The Morgan fingerprint density at radius 3 is 2.34 bits per heavy atom. The molecule has 0 bridgehead atoms. The third-order valence-corrected chi connectivity index (χ3v) is 7.33. The molecule has 1 fully saturated rings. The second kappa shape index (κ2) is 11.9. The van der Waals surface area contributed by atoms with E-state index in [0.717, 1.165) is 49.5 Å². The average Bonchev–Trinajstić information content (AvgIpc) is 2.86. The van der Waals surface area contributed by atoms with E-state index in [1.54, 1.807) is 0 Å². The zero-order valence-corrected chi connectivity index (χ0v) is 22.3. The number of benzene rings is 2. The fourth-order valence-corrected chi connectivity index (χ4v) is 5.51. The average molecular weight is 471 g/mol. The van der Waals surface area contributed by atoms with E-state index in [4.69, 9.17) is 9.72 Å². The largest absolute Gasteiger partial charge is 0.491 e. The van der Waals surface area contributed by atoms with Gasteiger partial charge in [0.2, 0.25) is 0 Å². The Hall–Kier alpha value is -2.65. The van der Waals surface area contributed by atoms with Crippen molar-refractivity contribution < 1.29 is 4.74 Å². The molecule has 3 aromatic rings. The monoisotopic (exact) mass is 470 g/mol. The van der Waals surface area contributed by atoms with Crippen molar-refractivity contribution in [1.29, 1.82) is 0 Å². The number of nitrogens with zero attached hydrogens (tertiary/aromatic N) is 2. The van der Waals surface area contributed by atoms with Crippen LogP contribution < -0.4 is 4.74 Å². The number of aromatic nitrogens is 1. The van der Waals surface area contributed by atoms with E-state index >= 15 is 0 Å². The summed E-state index contributed by atoms with van der Waals surface area (Å²) >= 11 is 0. The molecular weight excluding hydrogens is 428 g/mol. The third-order valence-electron chi connectivity index (χ3n) is 7.33. The van der Waals surface area contributed by atoms with Gasteiger partial charge in [-0.15, -0.1) is 0 Å². The van der Waals surface area contributed by atoms with Crippen molar-refractivity contribution in [2.24, 2.45) is 0 Å². The number of pyridine rings is 1. The summed E-state index contributed by atoms with van der Waals surface area (Å²) in [6.45, 7) is 12.9. The number of rotatable bonds is 9. The lowest BCUT2D eigenvalue weighted by molar-refractivity contribution is 0.135. The Bertz CT molecular complexity index is 1080. The fraction of sp³-hybridized carbons (Fsp3) is 0.469. The molecule has 1 saturated heterocycles. The van der Waals surface area contributed by atoms with Crippen molar-refractivity contribution in [2.75, 3.05) is 6.54 Å². The molecule has 4 rings (SSSR count). The number of ether oxygens (including phenoxy) is 1. The predicted octanol–water partition coefficient (Wildman–Crippen LogP) is 7.57. The number of piperidine rings is 1. The van der Waals surface area contributed by atoms with Gasteiger partial charge in [0.1, 0.15) is 5.75 Å². The van der Waals surface area contributed by atoms with Crippen LogP contribution in [0.3, 0.4) is 0 Å². The van der Waals surface area contributed by atoms with Crippen molar-refractivity contribution in [2.45, 2.75) is 91.8 Å². The van der Waals surface area contributed by atoms with Crippen LogP contribution in [0.15, 0.2) is 54.6 Å². The molecule has 0 aliphatic carbocycles. The van der Waals surface area contributed by atoms with Gasteiger partial charge in [0, 0.05) is 35.5 Å². The Morgan fingerprint density at radius 2 is 1.69 bits per heavy atom. The van der Waals surface area contributed by atoms with Gasteiger partial charge in [-0.1, -0.05) is 68.8 Å². The molecule has 0 radical (unpaired) electrons. The minimum Gasteiger partial charge on any atom is -0.491 e. The molecule has 3 heteroatoms. The number of hydrogen-bond donors (Lipinski definition) is 0. The van der Waals surface area contributed by atoms with E-state index < -0.39 is 0 Å². The summed E-state index contributed by atoms with van der Waals surface area (Å²) in [5.74, 6) is 1.000. The summed E-state index contributed by atoms with van der Waals surface area (Å²) in [7, 11) is 0. The van der Waals surface area contributed by atoms with Crippen LogP contribution in [0, 0.1) is 6.92 Å². The normalized spacial score (nSPS) is 16.6. The van der Waals surface area contributed by atoms with Gasteiger partial charge in [0.25, 0.3) is 0 Å². The van der Waals surface area contributed by atoms with E-state index in [-0.39, 0.29) is 6.10 Å². The lowest BCUT2D eigenvalue weighted by atomic mass is 9.93. The van der Waals surface area contributed by atoms with Gasteiger partial charge in [-0.25, -0.2) is 0 Å². The van der Waals surface area contributed by atoms with Crippen molar-refractivity contribution in [3.8, 4) is 17.0 Å². The first-order valence-corrected chi connectivity index (χ1v) is 13.6. The summed E-state index contributed by atoms with van der Waals surface area (Å²) < 4.78 is 6.46. The highest BCUT2D eigenvalue weighted by Gasteiger charge is 2.26. The van der Waals surface area contributed by atoms with Crippen LogP contribution >= 0.6 is 0 Å². The zero-order chi connectivity index (χ0) is 24.8. The Morgan fingerprint density at radius 1 is 0.971 bits per heavy atom. The quantitative estimate of drug-likeness (QED) is 0.322. The van der Waals surface area contributed by atoms with Gasteiger partial charge in [0.15, 0.2) is 0 Å². The van der Waals surface area contributed by atoms with Crippen LogP contribution in [0.1, 0.15) is 74.9 Å². The maximum atomic E-state index is 6.46. The first-order chi connectivity index (χ1) is 17.0. The van der Waals surface area contributed by atoms with Gasteiger partial charge < -0.3 is 4.74 Å². The van der Waals surface area contributed by atoms with Gasteiger partial charge >= 0.3 is 0 Å². The van der Waals surface area contributed by atoms with Crippen LogP contribution in [0.25, 0.3) is 11.3 Å². The van der Waals surface area contributed by atoms with Gasteiger partial charge in [-0.2, -0.15) is 0 Å². The predicted molar refractivity (Wildman–Crippen MR) is 147 cm³/mol. The van der Waals surface area contributed by atoms with Crippen molar-refractivity contribution in [3.63, 3.8) is 0 Å². The van der Waals surface area contributed by atoms with Gasteiger partial charge in [0.05, 0.1) is 11.8 Å². The van der Waals surface area contributed by atoms with Crippen LogP contribution in [0.5, 0.6) is 5.75 Å². The summed E-state index contributed by atoms with van der Waals surface area (Å²) in [5.41, 5.74) is 8.83. The molecular formula is C32H42N2O. The molecule has 0 N–H and O–H groups in total. The Balaban J connectivity index is 1.70. The second-order valence-electron chi connectivity index (χ2n) is 10.2. The molecule has 186 valence electrons. The smallest absolute Gasteiger partial charge is 0.128 e.